The minimum absolute atomic E-state index is 0.0725. The number of carboxylic acids is 1. The normalized spacial score (nSPS) is 28.6. The zero-order valence-electron chi connectivity index (χ0n) is 10.1. The highest BCUT2D eigenvalue weighted by Gasteiger charge is 2.60. The minimum atomic E-state index is -0.668. The second-order valence-electron chi connectivity index (χ2n) is 5.40. The Morgan fingerprint density at radius 2 is 2.22 bits per heavy atom. The van der Waals surface area contributed by atoms with Crippen LogP contribution in [0.4, 0.5) is 0 Å². The predicted molar refractivity (Wildman–Crippen MR) is 70.6 cm³/mol. The lowest BCUT2D eigenvalue weighted by atomic mass is 9.72. The number of ether oxygens (including phenoxy) is 1. The maximum atomic E-state index is 11.1. The van der Waals surface area contributed by atoms with Gasteiger partial charge in [-0.05, 0) is 42.5 Å². The third-order valence-electron chi connectivity index (χ3n) is 4.27. The number of benzene rings is 1. The minimum Gasteiger partial charge on any atom is -0.481 e. The van der Waals surface area contributed by atoms with Gasteiger partial charge < -0.3 is 9.84 Å². The number of aliphatic carboxylic acids is 1. The Morgan fingerprint density at radius 1 is 1.50 bits per heavy atom. The first-order valence-electron chi connectivity index (χ1n) is 6.12. The number of carbonyl (C=O) groups is 1. The van der Waals surface area contributed by atoms with E-state index in [4.69, 9.17) is 9.84 Å². The van der Waals surface area contributed by atoms with Gasteiger partial charge in [0, 0.05) is 9.89 Å². The second kappa shape index (κ2) is 4.07. The molecule has 1 aromatic carbocycles. The van der Waals surface area contributed by atoms with Gasteiger partial charge in [-0.1, -0.05) is 22.0 Å². The van der Waals surface area contributed by atoms with E-state index in [1.807, 2.05) is 6.07 Å². The molecule has 96 valence electrons. The highest BCUT2D eigenvalue weighted by atomic mass is 79.9. The average Bonchev–Trinajstić information content (AvgIpc) is 3.02. The number of carboxylic acid groups (broad SMARTS) is 1. The van der Waals surface area contributed by atoms with Crippen LogP contribution in [0.2, 0.25) is 0 Å². The molecule has 18 heavy (non-hydrogen) atoms. The van der Waals surface area contributed by atoms with Crippen LogP contribution >= 0.6 is 15.9 Å². The van der Waals surface area contributed by atoms with Gasteiger partial charge in [-0.3, -0.25) is 4.79 Å². The summed E-state index contributed by atoms with van der Waals surface area (Å²) in [4.78, 5) is 11.1. The van der Waals surface area contributed by atoms with Crippen molar-refractivity contribution in [2.45, 2.75) is 18.8 Å². The summed E-state index contributed by atoms with van der Waals surface area (Å²) >= 11 is 3.50. The SMILES string of the molecule is Cc1ccc(Br)cc1C1(C2CC2C(=O)O)COC1. The van der Waals surface area contributed by atoms with Crippen LogP contribution in [0.15, 0.2) is 22.7 Å². The Hall–Kier alpha value is -0.870. The number of hydrogen-bond acceptors (Lipinski definition) is 2. The highest BCUT2D eigenvalue weighted by molar-refractivity contribution is 9.10. The predicted octanol–water partition coefficient (Wildman–Crippen LogP) is 2.75. The van der Waals surface area contributed by atoms with E-state index in [0.29, 0.717) is 13.2 Å². The largest absolute Gasteiger partial charge is 0.481 e. The van der Waals surface area contributed by atoms with E-state index in [1.54, 1.807) is 0 Å². The summed E-state index contributed by atoms with van der Waals surface area (Å²) in [5, 5.41) is 9.13. The Labute approximate surface area is 114 Å². The van der Waals surface area contributed by atoms with Gasteiger partial charge in [-0.25, -0.2) is 0 Å². The summed E-state index contributed by atoms with van der Waals surface area (Å²) in [6.07, 6.45) is 0.782. The summed E-state index contributed by atoms with van der Waals surface area (Å²) in [7, 11) is 0. The van der Waals surface area contributed by atoms with Gasteiger partial charge in [0.15, 0.2) is 0 Å². The van der Waals surface area contributed by atoms with Gasteiger partial charge in [-0.2, -0.15) is 0 Å². The molecule has 2 fully saturated rings. The van der Waals surface area contributed by atoms with Crippen molar-refractivity contribution in [1.29, 1.82) is 0 Å². The van der Waals surface area contributed by atoms with E-state index in [0.717, 1.165) is 10.9 Å². The standard InChI is InChI=1S/C14H15BrO3/c1-8-2-3-9(15)4-11(8)14(6-18-7-14)12-5-10(12)13(16)17/h2-4,10,12H,5-7H2,1H3,(H,16,17). The maximum absolute atomic E-state index is 11.1. The van der Waals surface area contributed by atoms with Crippen LogP contribution in [0, 0.1) is 18.8 Å². The topological polar surface area (TPSA) is 46.5 Å². The summed E-state index contributed by atoms with van der Waals surface area (Å²) in [6.45, 7) is 3.39. The first-order valence-corrected chi connectivity index (χ1v) is 6.91. The van der Waals surface area contributed by atoms with Crippen LogP contribution in [-0.2, 0) is 14.9 Å². The molecule has 0 bridgehead atoms. The van der Waals surface area contributed by atoms with Crippen LogP contribution in [0.25, 0.3) is 0 Å². The molecule has 1 heterocycles. The second-order valence-corrected chi connectivity index (χ2v) is 6.31. The lowest BCUT2D eigenvalue weighted by Crippen LogP contribution is -2.50. The van der Waals surface area contributed by atoms with E-state index in [2.05, 4.69) is 35.0 Å². The molecule has 0 aromatic heterocycles. The number of aryl methyl sites for hydroxylation is 1. The van der Waals surface area contributed by atoms with Crippen molar-refractivity contribution in [3.63, 3.8) is 0 Å². The molecular weight excluding hydrogens is 296 g/mol. The third kappa shape index (κ3) is 1.70. The van der Waals surface area contributed by atoms with E-state index >= 15 is 0 Å². The number of halogens is 1. The Kier molecular flexibility index (Phi) is 2.75. The Balaban J connectivity index is 1.97. The molecule has 1 N–H and O–H groups in total. The number of hydrogen-bond donors (Lipinski definition) is 1. The fraction of sp³-hybridized carbons (Fsp3) is 0.500. The van der Waals surface area contributed by atoms with Crippen molar-refractivity contribution in [2.75, 3.05) is 13.2 Å². The van der Waals surface area contributed by atoms with Crippen molar-refractivity contribution in [3.05, 3.63) is 33.8 Å². The highest BCUT2D eigenvalue weighted by Crippen LogP contribution is 2.56. The molecule has 1 aliphatic carbocycles. The van der Waals surface area contributed by atoms with Gasteiger partial charge in [0.05, 0.1) is 19.1 Å². The zero-order valence-corrected chi connectivity index (χ0v) is 11.7. The quantitative estimate of drug-likeness (QED) is 0.933. The zero-order chi connectivity index (χ0) is 12.9. The molecule has 2 unspecified atom stereocenters. The molecule has 2 atom stereocenters. The lowest BCUT2D eigenvalue weighted by Gasteiger charge is -2.43. The fourth-order valence-corrected chi connectivity index (χ4v) is 3.46. The van der Waals surface area contributed by atoms with Crippen LogP contribution in [-0.4, -0.2) is 24.3 Å². The van der Waals surface area contributed by atoms with Crippen molar-refractivity contribution in [2.24, 2.45) is 11.8 Å². The van der Waals surface area contributed by atoms with Crippen molar-refractivity contribution < 1.29 is 14.6 Å². The molecule has 1 aromatic rings. The maximum Gasteiger partial charge on any atom is 0.306 e. The molecule has 2 aliphatic rings. The van der Waals surface area contributed by atoms with E-state index < -0.39 is 5.97 Å². The van der Waals surface area contributed by atoms with E-state index in [1.165, 1.54) is 11.1 Å². The van der Waals surface area contributed by atoms with Gasteiger partial charge in [0.2, 0.25) is 0 Å². The molecule has 3 nitrogen and oxygen atoms in total. The van der Waals surface area contributed by atoms with Crippen molar-refractivity contribution in [1.82, 2.24) is 0 Å². The lowest BCUT2D eigenvalue weighted by molar-refractivity contribution is -0.140. The average molecular weight is 311 g/mol. The van der Waals surface area contributed by atoms with Crippen LogP contribution < -0.4 is 0 Å². The van der Waals surface area contributed by atoms with Gasteiger partial charge in [0.25, 0.3) is 0 Å². The van der Waals surface area contributed by atoms with Crippen LogP contribution in [0.1, 0.15) is 17.5 Å². The molecule has 0 spiro atoms. The van der Waals surface area contributed by atoms with Gasteiger partial charge in [-0.15, -0.1) is 0 Å². The van der Waals surface area contributed by atoms with E-state index in [9.17, 15) is 4.79 Å². The molecule has 1 saturated heterocycles. The first kappa shape index (κ1) is 12.2. The van der Waals surface area contributed by atoms with Gasteiger partial charge >= 0.3 is 5.97 Å². The van der Waals surface area contributed by atoms with Crippen LogP contribution in [0.3, 0.4) is 0 Å². The third-order valence-corrected chi connectivity index (χ3v) is 4.77. The monoisotopic (exact) mass is 310 g/mol. The molecule has 1 saturated carbocycles. The molecule has 3 rings (SSSR count). The first-order chi connectivity index (χ1) is 8.54. The van der Waals surface area contributed by atoms with Crippen LogP contribution in [0.5, 0.6) is 0 Å². The number of rotatable bonds is 3. The van der Waals surface area contributed by atoms with Crippen molar-refractivity contribution >= 4 is 21.9 Å². The summed E-state index contributed by atoms with van der Waals surface area (Å²) in [5.41, 5.74) is 2.39. The van der Waals surface area contributed by atoms with E-state index in [-0.39, 0.29) is 17.3 Å². The summed E-state index contributed by atoms with van der Waals surface area (Å²) in [6, 6.07) is 6.22. The fourth-order valence-electron chi connectivity index (χ4n) is 3.10. The molecule has 0 radical (unpaired) electrons. The Bertz CT molecular complexity index is 508. The molecular formula is C14H15BrO3. The smallest absolute Gasteiger partial charge is 0.306 e. The van der Waals surface area contributed by atoms with Gasteiger partial charge in [0.1, 0.15) is 0 Å². The van der Waals surface area contributed by atoms with Crippen molar-refractivity contribution in [3.8, 4) is 0 Å². The molecule has 0 amide bonds. The molecule has 1 aliphatic heterocycles. The summed E-state index contributed by atoms with van der Waals surface area (Å²) in [5.74, 6) is -0.622. The molecule has 4 heteroatoms. The Morgan fingerprint density at radius 3 is 2.72 bits per heavy atom. The summed E-state index contributed by atoms with van der Waals surface area (Å²) < 4.78 is 6.45.